The van der Waals surface area contributed by atoms with E-state index in [1.165, 1.54) is 65.3 Å². The average molecular weight is 585 g/mol. The van der Waals surface area contributed by atoms with Gasteiger partial charge < -0.3 is 9.15 Å². The van der Waals surface area contributed by atoms with Crippen molar-refractivity contribution in [3.05, 3.63) is 121 Å². The fourth-order valence-corrected chi connectivity index (χ4v) is 5.61. The first-order valence-electron chi connectivity index (χ1n) is 12.7. The number of methoxy groups -OCH3 is 1. The van der Waals surface area contributed by atoms with Gasteiger partial charge in [0.05, 0.1) is 23.9 Å². The minimum Gasteiger partial charge on any atom is -0.496 e. The lowest BCUT2D eigenvalue weighted by Gasteiger charge is -2.05. The lowest BCUT2D eigenvalue weighted by Crippen LogP contribution is -2.06. The summed E-state index contributed by atoms with van der Waals surface area (Å²) in [7, 11) is -2.30. The van der Waals surface area contributed by atoms with Crippen molar-refractivity contribution >= 4 is 9.84 Å². The molecule has 0 bridgehead atoms. The highest BCUT2D eigenvalue weighted by Gasteiger charge is 2.23. The van der Waals surface area contributed by atoms with E-state index >= 15 is 0 Å². The van der Waals surface area contributed by atoms with Crippen molar-refractivity contribution < 1.29 is 26.4 Å². The number of hydrogen-bond donors (Lipinski definition) is 0. The van der Waals surface area contributed by atoms with Gasteiger partial charge in [-0.2, -0.15) is 0 Å². The average Bonchev–Trinajstić information content (AvgIpc) is 3.66. The van der Waals surface area contributed by atoms with Crippen LogP contribution in [0.4, 0.5) is 8.78 Å². The summed E-state index contributed by atoms with van der Waals surface area (Å²) < 4.78 is 66.6. The first-order chi connectivity index (χ1) is 20.3. The van der Waals surface area contributed by atoms with E-state index in [1.54, 1.807) is 25.4 Å². The molecule has 0 amide bonds. The van der Waals surface area contributed by atoms with Gasteiger partial charge >= 0.3 is 0 Å². The van der Waals surface area contributed by atoms with Crippen LogP contribution >= 0.6 is 0 Å². The van der Waals surface area contributed by atoms with Crippen LogP contribution in [0.5, 0.6) is 5.75 Å². The highest BCUT2D eigenvalue weighted by atomic mass is 32.2. The number of rotatable bonds is 8. The molecule has 0 atom stereocenters. The molecule has 8 nitrogen and oxygen atoms in total. The Kier molecular flexibility index (Phi) is 7.09. The number of benzene rings is 4. The van der Waals surface area contributed by atoms with Crippen LogP contribution in [0, 0.1) is 11.6 Å². The van der Waals surface area contributed by atoms with Crippen molar-refractivity contribution in [3.8, 4) is 45.3 Å². The zero-order valence-corrected chi connectivity index (χ0v) is 22.9. The number of nitrogens with zero attached hydrogens (tertiary/aromatic N) is 4. The highest BCUT2D eigenvalue weighted by molar-refractivity contribution is 7.90. The standard InChI is InChI=1S/C31H22F2N4O4S/c1-40-28-5-3-2-4-26(28)27-18-37(36-35-27)24-14-16-25(17-15-24)42(38,39)19-29-34-30(20-6-10-22(32)11-7-20)31(41-29)21-8-12-23(33)13-9-21/h2-18H,19H2,1H3. The zero-order chi connectivity index (χ0) is 29.3. The quantitative estimate of drug-likeness (QED) is 0.201. The Hall–Kier alpha value is -5.16. The van der Waals surface area contributed by atoms with Crippen molar-refractivity contribution in [1.29, 1.82) is 0 Å². The maximum atomic E-state index is 13.6. The fourth-order valence-electron chi connectivity index (χ4n) is 4.45. The number of oxazole rings is 1. The molecule has 0 aliphatic heterocycles. The Morgan fingerprint density at radius 2 is 1.48 bits per heavy atom. The second-order valence-corrected chi connectivity index (χ2v) is 11.3. The van der Waals surface area contributed by atoms with Gasteiger partial charge in [0.15, 0.2) is 15.6 Å². The van der Waals surface area contributed by atoms with Gasteiger partial charge in [0, 0.05) is 16.7 Å². The molecule has 0 saturated carbocycles. The molecule has 0 unspecified atom stereocenters. The normalized spacial score (nSPS) is 11.5. The minimum absolute atomic E-state index is 0.0566. The van der Waals surface area contributed by atoms with Gasteiger partial charge in [-0.25, -0.2) is 26.9 Å². The number of ether oxygens (including phenoxy) is 1. The van der Waals surface area contributed by atoms with E-state index in [1.807, 2.05) is 24.3 Å². The monoisotopic (exact) mass is 584 g/mol. The summed E-state index contributed by atoms with van der Waals surface area (Å²) in [5.41, 5.74) is 3.32. The molecule has 0 fully saturated rings. The molecule has 210 valence electrons. The molecule has 6 rings (SSSR count). The number of halogens is 2. The van der Waals surface area contributed by atoms with Crippen LogP contribution in [0.1, 0.15) is 5.89 Å². The fraction of sp³-hybridized carbons (Fsp3) is 0.0645. The lowest BCUT2D eigenvalue weighted by molar-refractivity contribution is 0.416. The number of sulfone groups is 1. The largest absolute Gasteiger partial charge is 0.496 e. The van der Waals surface area contributed by atoms with E-state index in [0.717, 1.165) is 5.56 Å². The van der Waals surface area contributed by atoms with Crippen molar-refractivity contribution in [3.63, 3.8) is 0 Å². The van der Waals surface area contributed by atoms with Crippen LogP contribution < -0.4 is 4.74 Å². The molecule has 11 heteroatoms. The molecule has 0 radical (unpaired) electrons. The van der Waals surface area contributed by atoms with Crippen LogP contribution in [0.3, 0.4) is 0 Å². The van der Waals surface area contributed by atoms with Gasteiger partial charge in [0.2, 0.25) is 5.89 Å². The molecule has 6 aromatic rings. The van der Waals surface area contributed by atoms with E-state index in [4.69, 9.17) is 9.15 Å². The van der Waals surface area contributed by atoms with Crippen LogP contribution in [0.15, 0.2) is 113 Å². The Balaban J connectivity index is 1.27. The van der Waals surface area contributed by atoms with Crippen molar-refractivity contribution in [1.82, 2.24) is 20.0 Å². The van der Waals surface area contributed by atoms with E-state index in [0.29, 0.717) is 34.0 Å². The molecule has 0 saturated heterocycles. The Bertz CT molecular complexity index is 1910. The van der Waals surface area contributed by atoms with Crippen molar-refractivity contribution in [2.45, 2.75) is 10.6 Å². The van der Waals surface area contributed by atoms with Gasteiger partial charge in [-0.15, -0.1) is 5.10 Å². The van der Waals surface area contributed by atoms with E-state index in [-0.39, 0.29) is 16.5 Å². The molecule has 0 spiro atoms. The van der Waals surface area contributed by atoms with Crippen LogP contribution in [-0.2, 0) is 15.6 Å². The topological polar surface area (TPSA) is 100 Å². The summed E-state index contributed by atoms with van der Waals surface area (Å²) in [5, 5.41) is 8.39. The van der Waals surface area contributed by atoms with Crippen LogP contribution in [-0.4, -0.2) is 35.5 Å². The predicted octanol–water partition coefficient (Wildman–Crippen LogP) is 6.52. The Morgan fingerprint density at radius 1 is 0.833 bits per heavy atom. The summed E-state index contributed by atoms with van der Waals surface area (Å²) in [4.78, 5) is 4.49. The number of aromatic nitrogens is 4. The molecule has 4 aromatic carbocycles. The molecular weight excluding hydrogens is 562 g/mol. The SMILES string of the molecule is COc1ccccc1-c1cn(-c2ccc(S(=O)(=O)Cc3nc(-c4ccc(F)cc4)c(-c4ccc(F)cc4)o3)cc2)nn1. The van der Waals surface area contributed by atoms with Crippen molar-refractivity contribution in [2.24, 2.45) is 0 Å². The third kappa shape index (κ3) is 5.41. The van der Waals surface area contributed by atoms with Gasteiger partial charge in [-0.3, -0.25) is 0 Å². The maximum Gasteiger partial charge on any atom is 0.211 e. The van der Waals surface area contributed by atoms with E-state index in [2.05, 4.69) is 15.3 Å². The second kappa shape index (κ2) is 11.0. The van der Waals surface area contributed by atoms with Crippen LogP contribution in [0.2, 0.25) is 0 Å². The molecule has 0 aliphatic carbocycles. The predicted molar refractivity (Wildman–Crippen MR) is 152 cm³/mol. The minimum atomic E-state index is -3.88. The molecule has 0 N–H and O–H groups in total. The Morgan fingerprint density at radius 3 is 2.14 bits per heavy atom. The zero-order valence-electron chi connectivity index (χ0n) is 22.1. The van der Waals surface area contributed by atoms with Gasteiger partial charge in [0.1, 0.15) is 34.5 Å². The van der Waals surface area contributed by atoms with Gasteiger partial charge in [0.25, 0.3) is 0 Å². The third-order valence-electron chi connectivity index (χ3n) is 6.55. The number of hydrogen-bond acceptors (Lipinski definition) is 7. The summed E-state index contributed by atoms with van der Waals surface area (Å²) in [6, 6.07) is 24.7. The number of para-hydroxylation sites is 1. The summed E-state index contributed by atoms with van der Waals surface area (Å²) in [5.74, 6) is -0.547. The van der Waals surface area contributed by atoms with Gasteiger partial charge in [-0.05, 0) is 84.9 Å². The molecular formula is C31H22F2N4O4S. The molecule has 2 aromatic heterocycles. The van der Waals surface area contributed by atoms with Gasteiger partial charge in [-0.1, -0.05) is 17.3 Å². The first-order valence-corrected chi connectivity index (χ1v) is 14.4. The van der Waals surface area contributed by atoms with E-state index < -0.39 is 27.2 Å². The summed E-state index contributed by atoms with van der Waals surface area (Å²) >= 11 is 0. The summed E-state index contributed by atoms with van der Waals surface area (Å²) in [6.07, 6.45) is 1.72. The van der Waals surface area contributed by atoms with Crippen molar-refractivity contribution in [2.75, 3.05) is 7.11 Å². The van der Waals surface area contributed by atoms with Crippen LogP contribution in [0.25, 0.3) is 39.5 Å². The summed E-state index contributed by atoms with van der Waals surface area (Å²) in [6.45, 7) is 0. The highest BCUT2D eigenvalue weighted by Crippen LogP contribution is 2.34. The smallest absolute Gasteiger partial charge is 0.211 e. The third-order valence-corrected chi connectivity index (χ3v) is 8.16. The molecule has 2 heterocycles. The molecule has 0 aliphatic rings. The van der Waals surface area contributed by atoms with E-state index in [9.17, 15) is 17.2 Å². The second-order valence-electron chi connectivity index (χ2n) is 9.30. The Labute approximate surface area is 239 Å². The first kappa shape index (κ1) is 27.0. The molecule has 42 heavy (non-hydrogen) atoms. The lowest BCUT2D eigenvalue weighted by atomic mass is 10.1. The maximum absolute atomic E-state index is 13.6.